The molecule has 1 heterocycles. The number of fused-ring (bicyclic) bond motifs is 3. The van der Waals surface area contributed by atoms with Crippen molar-refractivity contribution in [3.63, 3.8) is 0 Å². The van der Waals surface area contributed by atoms with Crippen LogP contribution in [0.4, 0.5) is 0 Å². The average molecular weight is 260 g/mol. The van der Waals surface area contributed by atoms with E-state index in [9.17, 15) is 0 Å². The van der Waals surface area contributed by atoms with Crippen LogP contribution in [0.2, 0.25) is 0 Å². The van der Waals surface area contributed by atoms with Crippen molar-refractivity contribution in [1.82, 2.24) is 10.5 Å². The SMILES string of the molecule is COCCONC1CCCc2c1[nH]c1ccccc21. The molecule has 1 aliphatic rings. The highest BCUT2D eigenvalue weighted by Gasteiger charge is 2.23. The highest BCUT2D eigenvalue weighted by molar-refractivity contribution is 5.85. The molecule has 2 aromatic rings. The van der Waals surface area contributed by atoms with Gasteiger partial charge in [-0.3, -0.25) is 4.84 Å². The zero-order valence-corrected chi connectivity index (χ0v) is 11.2. The zero-order chi connectivity index (χ0) is 13.1. The molecule has 4 heteroatoms. The van der Waals surface area contributed by atoms with Gasteiger partial charge in [0.15, 0.2) is 0 Å². The summed E-state index contributed by atoms with van der Waals surface area (Å²) in [6.45, 7) is 1.18. The van der Waals surface area contributed by atoms with Crippen molar-refractivity contribution in [2.45, 2.75) is 25.3 Å². The summed E-state index contributed by atoms with van der Waals surface area (Å²) >= 11 is 0. The number of aromatic amines is 1. The average Bonchev–Trinajstić information content (AvgIpc) is 2.83. The number of benzene rings is 1. The van der Waals surface area contributed by atoms with E-state index in [1.807, 2.05) is 0 Å². The molecule has 4 nitrogen and oxygen atoms in total. The first-order valence-corrected chi connectivity index (χ1v) is 6.86. The van der Waals surface area contributed by atoms with Crippen molar-refractivity contribution in [3.8, 4) is 0 Å². The molecule has 2 N–H and O–H groups in total. The lowest BCUT2D eigenvalue weighted by atomic mass is 9.92. The number of hydrogen-bond acceptors (Lipinski definition) is 3. The molecule has 0 amide bonds. The second-order valence-corrected chi connectivity index (χ2v) is 4.97. The number of methoxy groups -OCH3 is 1. The molecule has 0 spiro atoms. The molecule has 1 aromatic heterocycles. The van der Waals surface area contributed by atoms with E-state index in [1.165, 1.54) is 28.6 Å². The Balaban J connectivity index is 1.79. The normalized spacial score (nSPS) is 18.7. The van der Waals surface area contributed by atoms with E-state index >= 15 is 0 Å². The molecule has 102 valence electrons. The Bertz CT molecular complexity index is 550. The highest BCUT2D eigenvalue weighted by Crippen LogP contribution is 2.34. The van der Waals surface area contributed by atoms with Crippen LogP contribution in [-0.4, -0.2) is 25.3 Å². The minimum absolute atomic E-state index is 0.257. The number of aryl methyl sites for hydroxylation is 1. The lowest BCUT2D eigenvalue weighted by molar-refractivity contribution is -0.0160. The Morgan fingerprint density at radius 3 is 3.11 bits per heavy atom. The van der Waals surface area contributed by atoms with Gasteiger partial charge in [0.05, 0.1) is 19.3 Å². The summed E-state index contributed by atoms with van der Waals surface area (Å²) in [4.78, 5) is 9.00. The fourth-order valence-electron chi connectivity index (χ4n) is 2.82. The number of H-pyrrole nitrogens is 1. The van der Waals surface area contributed by atoms with Crippen LogP contribution in [0.15, 0.2) is 24.3 Å². The van der Waals surface area contributed by atoms with Crippen LogP contribution in [0.1, 0.15) is 30.1 Å². The third-order valence-electron chi connectivity index (χ3n) is 3.73. The summed E-state index contributed by atoms with van der Waals surface area (Å²) in [5, 5.41) is 1.35. The number of hydrogen-bond donors (Lipinski definition) is 2. The van der Waals surface area contributed by atoms with Gasteiger partial charge < -0.3 is 9.72 Å². The van der Waals surface area contributed by atoms with E-state index < -0.39 is 0 Å². The fraction of sp³-hybridized carbons (Fsp3) is 0.467. The van der Waals surface area contributed by atoms with E-state index in [-0.39, 0.29) is 6.04 Å². The van der Waals surface area contributed by atoms with E-state index in [0.717, 1.165) is 12.8 Å². The van der Waals surface area contributed by atoms with Gasteiger partial charge in [-0.1, -0.05) is 18.2 Å². The van der Waals surface area contributed by atoms with Crippen molar-refractivity contribution in [1.29, 1.82) is 0 Å². The molecule has 19 heavy (non-hydrogen) atoms. The second-order valence-electron chi connectivity index (χ2n) is 4.97. The molecule has 3 rings (SSSR count). The summed E-state index contributed by atoms with van der Waals surface area (Å²) in [5.41, 5.74) is 7.10. The predicted octanol–water partition coefficient (Wildman–Crippen LogP) is 2.71. The number of hydroxylamine groups is 1. The topological polar surface area (TPSA) is 46.3 Å². The van der Waals surface area contributed by atoms with E-state index in [2.05, 4.69) is 34.7 Å². The molecular formula is C15H20N2O2. The first-order valence-electron chi connectivity index (χ1n) is 6.86. The molecule has 1 atom stereocenters. The van der Waals surface area contributed by atoms with E-state index in [0.29, 0.717) is 13.2 Å². The third kappa shape index (κ3) is 2.52. The van der Waals surface area contributed by atoms with Crippen LogP contribution in [0, 0.1) is 0 Å². The van der Waals surface area contributed by atoms with Crippen LogP contribution in [0.3, 0.4) is 0 Å². The van der Waals surface area contributed by atoms with Gasteiger partial charge >= 0.3 is 0 Å². The first-order chi connectivity index (χ1) is 9.40. The van der Waals surface area contributed by atoms with Gasteiger partial charge in [0.1, 0.15) is 0 Å². The van der Waals surface area contributed by atoms with Gasteiger partial charge in [-0.05, 0) is 30.9 Å². The summed E-state index contributed by atoms with van der Waals surface area (Å²) in [6.07, 6.45) is 3.45. The van der Waals surface area contributed by atoms with Crippen LogP contribution >= 0.6 is 0 Å². The maximum Gasteiger partial charge on any atom is 0.0916 e. The smallest absolute Gasteiger partial charge is 0.0916 e. The first kappa shape index (κ1) is 12.7. The second kappa shape index (κ2) is 5.74. The maximum absolute atomic E-state index is 5.47. The van der Waals surface area contributed by atoms with E-state index in [4.69, 9.17) is 9.57 Å². The van der Waals surface area contributed by atoms with Gasteiger partial charge in [-0.25, -0.2) is 0 Å². The van der Waals surface area contributed by atoms with Crippen molar-refractivity contribution >= 4 is 10.9 Å². The number of nitrogens with one attached hydrogen (secondary N) is 2. The van der Waals surface area contributed by atoms with Crippen LogP contribution in [-0.2, 0) is 16.0 Å². The summed E-state index contributed by atoms with van der Waals surface area (Å²) < 4.78 is 4.98. The van der Waals surface area contributed by atoms with Gasteiger partial charge in [-0.2, -0.15) is 5.48 Å². The van der Waals surface area contributed by atoms with Crippen LogP contribution in [0.5, 0.6) is 0 Å². The molecule has 0 saturated heterocycles. The van der Waals surface area contributed by atoms with Gasteiger partial charge in [0.2, 0.25) is 0 Å². The lowest BCUT2D eigenvalue weighted by Gasteiger charge is -2.23. The molecule has 1 aliphatic carbocycles. The third-order valence-corrected chi connectivity index (χ3v) is 3.73. The monoisotopic (exact) mass is 260 g/mol. The van der Waals surface area contributed by atoms with Crippen LogP contribution < -0.4 is 5.48 Å². The minimum Gasteiger partial charge on any atom is -0.382 e. The van der Waals surface area contributed by atoms with Gasteiger partial charge in [0.25, 0.3) is 0 Å². The highest BCUT2D eigenvalue weighted by atomic mass is 16.7. The zero-order valence-electron chi connectivity index (χ0n) is 11.2. The van der Waals surface area contributed by atoms with E-state index in [1.54, 1.807) is 7.11 Å². The van der Waals surface area contributed by atoms with Crippen molar-refractivity contribution in [2.24, 2.45) is 0 Å². The van der Waals surface area contributed by atoms with Crippen molar-refractivity contribution < 1.29 is 9.57 Å². The largest absolute Gasteiger partial charge is 0.382 e. The number of rotatable bonds is 5. The molecule has 0 saturated carbocycles. The number of para-hydroxylation sites is 1. The molecule has 1 unspecified atom stereocenters. The molecule has 0 bridgehead atoms. The quantitative estimate of drug-likeness (QED) is 0.642. The minimum atomic E-state index is 0.257. The lowest BCUT2D eigenvalue weighted by Crippen LogP contribution is -2.26. The Kier molecular flexibility index (Phi) is 3.82. The Hall–Kier alpha value is -1.36. The predicted molar refractivity (Wildman–Crippen MR) is 74.9 cm³/mol. The summed E-state index contributed by atoms with van der Waals surface area (Å²) in [6, 6.07) is 8.76. The maximum atomic E-state index is 5.47. The molecular weight excluding hydrogens is 240 g/mol. The molecule has 1 aromatic carbocycles. The molecule has 0 fully saturated rings. The molecule has 0 aliphatic heterocycles. The van der Waals surface area contributed by atoms with Crippen molar-refractivity contribution in [2.75, 3.05) is 20.3 Å². The standard InChI is InChI=1S/C15H20N2O2/c1-18-9-10-19-17-14-8-4-6-12-11-5-2-3-7-13(11)16-15(12)14/h2-3,5,7,14,16-17H,4,6,8-10H2,1H3. The number of aromatic nitrogens is 1. The number of ether oxygens (including phenoxy) is 1. The van der Waals surface area contributed by atoms with Crippen molar-refractivity contribution in [3.05, 3.63) is 35.5 Å². The Labute approximate surface area is 113 Å². The molecule has 0 radical (unpaired) electrons. The van der Waals surface area contributed by atoms with Crippen LogP contribution in [0.25, 0.3) is 10.9 Å². The van der Waals surface area contributed by atoms with Gasteiger partial charge in [0, 0.05) is 23.7 Å². The Morgan fingerprint density at radius 2 is 2.21 bits per heavy atom. The fourth-order valence-corrected chi connectivity index (χ4v) is 2.82. The van der Waals surface area contributed by atoms with Gasteiger partial charge in [-0.15, -0.1) is 0 Å². The summed E-state index contributed by atoms with van der Waals surface area (Å²) in [7, 11) is 1.68. The summed E-state index contributed by atoms with van der Waals surface area (Å²) in [5.74, 6) is 0. The Morgan fingerprint density at radius 1 is 1.32 bits per heavy atom.